The molecule has 2 aliphatic carbocycles. The SMILES string of the molecule is CCOc1ccc(OCC)c2c1CC1(C2)NC(=O)C2(Cc3c(OCC)ccc(OCC)c3C2)NC1=O. The molecule has 1 heterocycles. The summed E-state index contributed by atoms with van der Waals surface area (Å²) in [5.41, 5.74) is 1.51. The van der Waals surface area contributed by atoms with Gasteiger partial charge in [0.05, 0.1) is 26.4 Å². The standard InChI is InChI=1S/C28H34N2O6/c1-5-33-21-9-10-22(34-6-2)18-14-27(13-17(18)21)25(31)30-28(26(32)29-27)15-19-20(16-28)24(36-8-4)12-11-23(19)35-7-3/h9-12H,5-8,13-16H2,1-4H3,(H,29,32)(H,30,31). The minimum atomic E-state index is -1.08. The lowest BCUT2D eigenvalue weighted by Crippen LogP contribution is -2.75. The van der Waals surface area contributed by atoms with Gasteiger partial charge in [-0.3, -0.25) is 9.59 Å². The summed E-state index contributed by atoms with van der Waals surface area (Å²) in [5.74, 6) is 2.54. The van der Waals surface area contributed by atoms with E-state index in [1.165, 1.54) is 0 Å². The first kappa shape index (κ1) is 24.3. The smallest absolute Gasteiger partial charge is 0.247 e. The van der Waals surface area contributed by atoms with E-state index < -0.39 is 11.1 Å². The lowest BCUT2D eigenvalue weighted by Gasteiger charge is -2.43. The molecule has 2 aromatic rings. The van der Waals surface area contributed by atoms with Gasteiger partial charge in [0.1, 0.15) is 34.1 Å². The number of amides is 2. The van der Waals surface area contributed by atoms with E-state index in [1.54, 1.807) is 0 Å². The normalized spacial score (nSPS) is 18.4. The van der Waals surface area contributed by atoms with Crippen LogP contribution in [0.2, 0.25) is 0 Å². The molecule has 8 nitrogen and oxygen atoms in total. The van der Waals surface area contributed by atoms with Crippen LogP contribution in [-0.2, 0) is 35.3 Å². The van der Waals surface area contributed by atoms with E-state index in [1.807, 2.05) is 52.0 Å². The highest BCUT2D eigenvalue weighted by Crippen LogP contribution is 2.46. The summed E-state index contributed by atoms with van der Waals surface area (Å²) in [7, 11) is 0. The fraction of sp³-hybridized carbons (Fsp3) is 0.500. The van der Waals surface area contributed by atoms with Crippen molar-refractivity contribution < 1.29 is 28.5 Å². The molecule has 2 aromatic carbocycles. The lowest BCUT2D eigenvalue weighted by atomic mass is 9.83. The van der Waals surface area contributed by atoms with Crippen LogP contribution in [0.4, 0.5) is 0 Å². The van der Waals surface area contributed by atoms with Crippen LogP contribution in [-0.4, -0.2) is 49.3 Å². The topological polar surface area (TPSA) is 95.1 Å². The third kappa shape index (κ3) is 3.74. The van der Waals surface area contributed by atoms with Crippen molar-refractivity contribution in [3.8, 4) is 23.0 Å². The number of nitrogens with one attached hydrogen (secondary N) is 2. The summed E-state index contributed by atoms with van der Waals surface area (Å²) >= 11 is 0. The Kier molecular flexibility index (Phi) is 6.22. The minimum Gasteiger partial charge on any atom is -0.494 e. The van der Waals surface area contributed by atoms with E-state index in [4.69, 9.17) is 18.9 Å². The van der Waals surface area contributed by atoms with Crippen LogP contribution in [0.5, 0.6) is 23.0 Å². The Morgan fingerprint density at radius 2 is 0.806 bits per heavy atom. The summed E-state index contributed by atoms with van der Waals surface area (Å²) in [4.78, 5) is 27.7. The number of ether oxygens (including phenoxy) is 4. The molecule has 2 spiro atoms. The molecule has 0 unspecified atom stereocenters. The maximum atomic E-state index is 13.8. The number of hydrogen-bond acceptors (Lipinski definition) is 6. The zero-order valence-electron chi connectivity index (χ0n) is 21.4. The summed E-state index contributed by atoms with van der Waals surface area (Å²) in [5, 5.41) is 6.31. The summed E-state index contributed by atoms with van der Waals surface area (Å²) < 4.78 is 23.4. The van der Waals surface area contributed by atoms with Crippen LogP contribution in [0.1, 0.15) is 49.9 Å². The fourth-order valence-corrected chi connectivity index (χ4v) is 5.86. The molecular formula is C28H34N2O6. The molecule has 1 fully saturated rings. The summed E-state index contributed by atoms with van der Waals surface area (Å²) in [6, 6.07) is 7.53. The average molecular weight is 495 g/mol. The van der Waals surface area contributed by atoms with Gasteiger partial charge in [0.15, 0.2) is 0 Å². The van der Waals surface area contributed by atoms with Gasteiger partial charge in [-0.25, -0.2) is 0 Å². The van der Waals surface area contributed by atoms with Gasteiger partial charge in [0, 0.05) is 47.9 Å². The monoisotopic (exact) mass is 494 g/mol. The van der Waals surface area contributed by atoms with E-state index in [-0.39, 0.29) is 11.8 Å². The first-order chi connectivity index (χ1) is 17.4. The van der Waals surface area contributed by atoms with E-state index in [2.05, 4.69) is 10.6 Å². The molecule has 0 saturated carbocycles. The molecule has 192 valence electrons. The highest BCUT2D eigenvalue weighted by molar-refractivity contribution is 6.04. The Balaban J connectivity index is 1.47. The molecular weight excluding hydrogens is 460 g/mol. The van der Waals surface area contributed by atoms with Crippen molar-refractivity contribution in [2.45, 2.75) is 64.5 Å². The predicted octanol–water partition coefficient (Wildman–Crippen LogP) is 2.90. The van der Waals surface area contributed by atoms with Crippen molar-refractivity contribution in [1.29, 1.82) is 0 Å². The van der Waals surface area contributed by atoms with Crippen molar-refractivity contribution in [3.05, 3.63) is 46.5 Å². The number of carbonyl (C=O) groups excluding carboxylic acids is 2. The lowest BCUT2D eigenvalue weighted by molar-refractivity contribution is -0.145. The fourth-order valence-electron chi connectivity index (χ4n) is 5.86. The highest BCUT2D eigenvalue weighted by Gasteiger charge is 2.59. The number of benzene rings is 2. The van der Waals surface area contributed by atoms with Gasteiger partial charge in [0.2, 0.25) is 11.8 Å². The zero-order valence-corrected chi connectivity index (χ0v) is 21.4. The van der Waals surface area contributed by atoms with Gasteiger partial charge in [-0.15, -0.1) is 0 Å². The Morgan fingerprint density at radius 3 is 1.03 bits per heavy atom. The molecule has 2 N–H and O–H groups in total. The molecule has 0 aromatic heterocycles. The van der Waals surface area contributed by atoms with Gasteiger partial charge in [-0.05, 0) is 52.0 Å². The third-order valence-corrected chi connectivity index (χ3v) is 7.38. The quantitative estimate of drug-likeness (QED) is 0.586. The van der Waals surface area contributed by atoms with E-state index in [0.29, 0.717) is 52.1 Å². The second-order valence-electron chi connectivity index (χ2n) is 9.55. The number of carbonyl (C=O) groups is 2. The maximum Gasteiger partial charge on any atom is 0.247 e. The van der Waals surface area contributed by atoms with Gasteiger partial charge >= 0.3 is 0 Å². The first-order valence-electron chi connectivity index (χ1n) is 12.9. The summed E-state index contributed by atoms with van der Waals surface area (Å²) in [6.45, 7) is 9.76. The molecule has 1 saturated heterocycles. The van der Waals surface area contributed by atoms with Gasteiger partial charge < -0.3 is 29.6 Å². The molecule has 3 aliphatic rings. The first-order valence-corrected chi connectivity index (χ1v) is 12.9. The third-order valence-electron chi connectivity index (χ3n) is 7.38. The van der Waals surface area contributed by atoms with Gasteiger partial charge in [-0.2, -0.15) is 0 Å². The number of piperazine rings is 1. The van der Waals surface area contributed by atoms with Crippen molar-refractivity contribution in [1.82, 2.24) is 10.6 Å². The molecule has 1 aliphatic heterocycles. The van der Waals surface area contributed by atoms with Crippen LogP contribution >= 0.6 is 0 Å². The second kappa shape index (κ2) is 9.22. The van der Waals surface area contributed by atoms with Crippen LogP contribution < -0.4 is 29.6 Å². The largest absolute Gasteiger partial charge is 0.494 e. The molecule has 0 radical (unpaired) electrons. The van der Waals surface area contributed by atoms with E-state index in [0.717, 1.165) is 45.3 Å². The molecule has 0 atom stereocenters. The van der Waals surface area contributed by atoms with Crippen LogP contribution in [0.3, 0.4) is 0 Å². The predicted molar refractivity (Wildman–Crippen MR) is 134 cm³/mol. The van der Waals surface area contributed by atoms with Crippen LogP contribution in [0.15, 0.2) is 24.3 Å². The molecule has 5 rings (SSSR count). The Bertz CT molecular complexity index is 1040. The van der Waals surface area contributed by atoms with Crippen molar-refractivity contribution in [2.75, 3.05) is 26.4 Å². The molecule has 2 amide bonds. The molecule has 0 bridgehead atoms. The van der Waals surface area contributed by atoms with Crippen molar-refractivity contribution in [3.63, 3.8) is 0 Å². The van der Waals surface area contributed by atoms with E-state index >= 15 is 0 Å². The average Bonchev–Trinajstić information content (AvgIpc) is 3.43. The van der Waals surface area contributed by atoms with Crippen molar-refractivity contribution >= 4 is 11.8 Å². The maximum absolute atomic E-state index is 13.8. The minimum absolute atomic E-state index is 0.188. The molecule has 8 heteroatoms. The molecule has 36 heavy (non-hydrogen) atoms. The summed E-state index contributed by atoms with van der Waals surface area (Å²) in [6.07, 6.45) is 1.42. The Labute approximate surface area is 211 Å². The Morgan fingerprint density at radius 1 is 0.556 bits per heavy atom. The van der Waals surface area contributed by atoms with Gasteiger partial charge in [0.25, 0.3) is 0 Å². The highest BCUT2D eigenvalue weighted by atomic mass is 16.5. The number of hydrogen-bond donors (Lipinski definition) is 2. The zero-order chi connectivity index (χ0) is 25.5. The Hall–Kier alpha value is -3.42. The second-order valence-corrected chi connectivity index (χ2v) is 9.55. The van der Waals surface area contributed by atoms with Crippen molar-refractivity contribution in [2.24, 2.45) is 0 Å². The number of fused-ring (bicyclic) bond motifs is 2. The van der Waals surface area contributed by atoms with Crippen LogP contribution in [0, 0.1) is 0 Å². The van der Waals surface area contributed by atoms with E-state index in [9.17, 15) is 9.59 Å². The number of rotatable bonds is 8. The van der Waals surface area contributed by atoms with Crippen LogP contribution in [0.25, 0.3) is 0 Å². The van der Waals surface area contributed by atoms with Gasteiger partial charge in [-0.1, -0.05) is 0 Å².